The van der Waals surface area contributed by atoms with E-state index in [9.17, 15) is 0 Å². The molecule has 0 spiro atoms. The number of piperidine rings is 2. The second kappa shape index (κ2) is 7.12. The number of nitrogens with zero attached hydrogens (tertiary/aromatic N) is 2. The Morgan fingerprint density at radius 2 is 1.85 bits per heavy atom. The maximum atomic E-state index is 5.83. The molecule has 3 heterocycles. The summed E-state index contributed by atoms with van der Waals surface area (Å²) in [4.78, 5) is 8.60. The van der Waals surface area contributed by atoms with Gasteiger partial charge in [-0.15, -0.1) is 0 Å². The number of hydrogen-bond donors (Lipinski definition) is 0. The zero-order valence-corrected chi connectivity index (χ0v) is 16.1. The molecule has 3 nitrogen and oxygen atoms in total. The summed E-state index contributed by atoms with van der Waals surface area (Å²) in [6.45, 7) is 3.88. The minimum absolute atomic E-state index is 0.510. The Labute approximate surface area is 162 Å². The molecule has 27 heavy (non-hydrogen) atoms. The van der Waals surface area contributed by atoms with Gasteiger partial charge in [0.2, 0.25) is 0 Å². The SMILES string of the molecule is Cc1ccc([C@H]2CC3CCC4C2/C(=N/OCc2ccccc2)CCN34)cc1. The number of hydrogen-bond acceptors (Lipinski definition) is 3. The summed E-state index contributed by atoms with van der Waals surface area (Å²) in [6.07, 6.45) is 4.98. The van der Waals surface area contributed by atoms with Crippen LogP contribution in [-0.2, 0) is 11.4 Å². The summed E-state index contributed by atoms with van der Waals surface area (Å²) in [6, 6.07) is 21.0. The van der Waals surface area contributed by atoms with E-state index in [-0.39, 0.29) is 0 Å². The van der Waals surface area contributed by atoms with E-state index in [1.165, 1.54) is 41.7 Å². The Kier molecular flexibility index (Phi) is 4.48. The standard InChI is InChI=1S/C24H28N2O/c1-17-7-9-19(10-8-17)21-15-20-11-12-23-24(21)22(13-14-26(20)23)25-27-16-18-5-3-2-4-6-18/h2-10,20-21,23-24H,11-16H2,1H3/b25-22+/t20?,21-,23?,24?/m1/s1. The smallest absolute Gasteiger partial charge is 0.142 e. The monoisotopic (exact) mass is 360 g/mol. The average Bonchev–Trinajstić information content (AvgIpc) is 2.99. The van der Waals surface area contributed by atoms with Crippen LogP contribution in [0, 0.1) is 12.8 Å². The van der Waals surface area contributed by atoms with Gasteiger partial charge in [0.05, 0.1) is 5.71 Å². The van der Waals surface area contributed by atoms with Gasteiger partial charge in [0.25, 0.3) is 0 Å². The fourth-order valence-electron chi connectivity index (χ4n) is 5.55. The lowest BCUT2D eigenvalue weighted by Gasteiger charge is -2.49. The van der Waals surface area contributed by atoms with Crippen molar-refractivity contribution in [3.05, 3.63) is 71.3 Å². The van der Waals surface area contributed by atoms with Gasteiger partial charge in [0.1, 0.15) is 6.61 Å². The molecule has 2 aromatic rings. The third-order valence-corrected chi connectivity index (χ3v) is 6.84. The summed E-state index contributed by atoms with van der Waals surface area (Å²) in [5.74, 6) is 1.09. The topological polar surface area (TPSA) is 24.8 Å². The van der Waals surface area contributed by atoms with Crippen molar-refractivity contribution in [1.29, 1.82) is 0 Å². The van der Waals surface area contributed by atoms with Crippen molar-refractivity contribution in [1.82, 2.24) is 4.90 Å². The van der Waals surface area contributed by atoms with Crippen LogP contribution < -0.4 is 0 Å². The van der Waals surface area contributed by atoms with E-state index in [2.05, 4.69) is 60.4 Å². The molecular weight excluding hydrogens is 332 g/mol. The molecule has 140 valence electrons. The van der Waals surface area contributed by atoms with E-state index in [1.54, 1.807) is 0 Å². The van der Waals surface area contributed by atoms with Crippen molar-refractivity contribution in [3.8, 4) is 0 Å². The molecule has 0 aromatic heterocycles. The van der Waals surface area contributed by atoms with Crippen LogP contribution in [-0.4, -0.2) is 29.2 Å². The Balaban J connectivity index is 1.40. The molecule has 5 rings (SSSR count). The van der Waals surface area contributed by atoms with Crippen LogP contribution in [0.2, 0.25) is 0 Å². The molecule has 3 saturated heterocycles. The molecule has 4 unspecified atom stereocenters. The van der Waals surface area contributed by atoms with Gasteiger partial charge >= 0.3 is 0 Å². The maximum Gasteiger partial charge on any atom is 0.142 e. The molecular formula is C24H28N2O. The predicted molar refractivity (Wildman–Crippen MR) is 109 cm³/mol. The Bertz CT molecular complexity index is 814. The first-order valence-corrected chi connectivity index (χ1v) is 10.3. The van der Waals surface area contributed by atoms with Crippen molar-refractivity contribution in [2.75, 3.05) is 6.54 Å². The van der Waals surface area contributed by atoms with Crippen LogP contribution in [0.3, 0.4) is 0 Å². The minimum atomic E-state index is 0.510. The summed E-state index contributed by atoms with van der Waals surface area (Å²) in [5, 5.41) is 4.70. The van der Waals surface area contributed by atoms with E-state index in [1.807, 2.05) is 6.07 Å². The van der Waals surface area contributed by atoms with Gasteiger partial charge in [-0.2, -0.15) is 0 Å². The molecule has 0 radical (unpaired) electrons. The molecule has 4 bridgehead atoms. The van der Waals surface area contributed by atoms with Gasteiger partial charge < -0.3 is 4.84 Å². The molecule has 3 aliphatic heterocycles. The van der Waals surface area contributed by atoms with Gasteiger partial charge in [-0.25, -0.2) is 0 Å². The maximum absolute atomic E-state index is 5.83. The number of rotatable bonds is 4. The van der Waals surface area contributed by atoms with Gasteiger partial charge in [-0.3, -0.25) is 4.90 Å². The van der Waals surface area contributed by atoms with Crippen LogP contribution >= 0.6 is 0 Å². The zero-order chi connectivity index (χ0) is 18.2. The van der Waals surface area contributed by atoms with Crippen LogP contribution in [0.1, 0.15) is 48.3 Å². The van der Waals surface area contributed by atoms with Crippen molar-refractivity contribution in [2.24, 2.45) is 11.1 Å². The lowest BCUT2D eigenvalue weighted by Crippen LogP contribution is -2.55. The fraction of sp³-hybridized carbons (Fsp3) is 0.458. The van der Waals surface area contributed by atoms with Crippen LogP contribution in [0.4, 0.5) is 0 Å². The van der Waals surface area contributed by atoms with Gasteiger partial charge in [-0.05, 0) is 43.2 Å². The van der Waals surface area contributed by atoms with Crippen molar-refractivity contribution in [3.63, 3.8) is 0 Å². The van der Waals surface area contributed by atoms with Gasteiger partial charge in [0, 0.05) is 31.0 Å². The minimum Gasteiger partial charge on any atom is -0.391 e. The van der Waals surface area contributed by atoms with E-state index >= 15 is 0 Å². The highest BCUT2D eigenvalue weighted by Crippen LogP contribution is 2.50. The Morgan fingerprint density at radius 3 is 2.67 bits per heavy atom. The first-order chi connectivity index (χ1) is 13.3. The lowest BCUT2D eigenvalue weighted by atomic mass is 9.71. The molecule has 0 amide bonds. The summed E-state index contributed by atoms with van der Waals surface area (Å²) in [5.41, 5.74) is 5.29. The molecule has 0 aliphatic carbocycles. The fourth-order valence-corrected chi connectivity index (χ4v) is 5.55. The number of aryl methyl sites for hydroxylation is 1. The number of oxime groups is 1. The normalized spacial score (nSPS) is 33.2. The molecule has 3 heteroatoms. The third kappa shape index (κ3) is 3.19. The van der Waals surface area contributed by atoms with E-state index in [4.69, 9.17) is 9.99 Å². The quantitative estimate of drug-likeness (QED) is 0.724. The lowest BCUT2D eigenvalue weighted by molar-refractivity contribution is 0.0765. The van der Waals surface area contributed by atoms with E-state index < -0.39 is 0 Å². The van der Waals surface area contributed by atoms with Crippen molar-refractivity contribution < 1.29 is 4.84 Å². The summed E-state index contributed by atoms with van der Waals surface area (Å²) in [7, 11) is 0. The second-order valence-corrected chi connectivity index (χ2v) is 8.41. The van der Waals surface area contributed by atoms with Crippen LogP contribution in [0.25, 0.3) is 0 Å². The van der Waals surface area contributed by atoms with Crippen molar-refractivity contribution >= 4 is 5.71 Å². The van der Waals surface area contributed by atoms with Crippen LogP contribution in [0.15, 0.2) is 59.8 Å². The molecule has 3 fully saturated rings. The summed E-state index contributed by atoms with van der Waals surface area (Å²) >= 11 is 0. The highest BCUT2D eigenvalue weighted by molar-refractivity contribution is 5.89. The number of benzene rings is 2. The van der Waals surface area contributed by atoms with E-state index in [0.29, 0.717) is 24.5 Å². The molecule has 3 aliphatic rings. The Morgan fingerprint density at radius 1 is 1.04 bits per heavy atom. The predicted octanol–water partition coefficient (Wildman–Crippen LogP) is 4.91. The highest BCUT2D eigenvalue weighted by Gasteiger charge is 2.51. The van der Waals surface area contributed by atoms with Crippen LogP contribution in [0.5, 0.6) is 0 Å². The highest BCUT2D eigenvalue weighted by atomic mass is 16.6. The Hall–Kier alpha value is -2.13. The zero-order valence-electron chi connectivity index (χ0n) is 16.1. The second-order valence-electron chi connectivity index (χ2n) is 8.41. The summed E-state index contributed by atoms with van der Waals surface area (Å²) < 4.78 is 0. The first-order valence-electron chi connectivity index (χ1n) is 10.3. The molecule has 2 aromatic carbocycles. The van der Waals surface area contributed by atoms with Gasteiger partial charge in [0.15, 0.2) is 0 Å². The third-order valence-electron chi connectivity index (χ3n) is 6.84. The average molecular weight is 361 g/mol. The van der Waals surface area contributed by atoms with Crippen molar-refractivity contribution in [2.45, 2.75) is 57.2 Å². The van der Waals surface area contributed by atoms with E-state index in [0.717, 1.165) is 19.0 Å². The molecule has 5 atom stereocenters. The molecule has 0 N–H and O–H groups in total. The first kappa shape index (κ1) is 17.0. The molecule has 0 saturated carbocycles. The van der Waals surface area contributed by atoms with Gasteiger partial charge in [-0.1, -0.05) is 65.3 Å². The largest absolute Gasteiger partial charge is 0.391 e.